The summed E-state index contributed by atoms with van der Waals surface area (Å²) in [6.07, 6.45) is 5.04. The van der Waals surface area contributed by atoms with Crippen molar-refractivity contribution in [2.45, 2.75) is 6.61 Å². The van der Waals surface area contributed by atoms with E-state index in [4.69, 9.17) is 17.0 Å². The zero-order chi connectivity index (χ0) is 20.2. The molecule has 0 aliphatic carbocycles. The maximum Gasteiger partial charge on any atom is 0.270 e. The highest BCUT2D eigenvalue weighted by molar-refractivity contribution is 8.27. The molecule has 4 rings (SSSR count). The van der Waals surface area contributed by atoms with Gasteiger partial charge in [-0.15, -0.1) is 0 Å². The van der Waals surface area contributed by atoms with E-state index in [0.29, 0.717) is 26.2 Å². The number of halogens is 1. The maximum atomic E-state index is 13.7. The molecule has 29 heavy (non-hydrogen) atoms. The van der Waals surface area contributed by atoms with E-state index in [-0.39, 0.29) is 18.3 Å². The fourth-order valence-corrected chi connectivity index (χ4v) is 4.06. The first-order valence-electron chi connectivity index (χ1n) is 8.76. The van der Waals surface area contributed by atoms with Gasteiger partial charge in [0, 0.05) is 11.8 Å². The van der Waals surface area contributed by atoms with Gasteiger partial charge in [-0.2, -0.15) is 0 Å². The summed E-state index contributed by atoms with van der Waals surface area (Å²) in [6.45, 7) is 0.149. The van der Waals surface area contributed by atoms with Gasteiger partial charge in [0.1, 0.15) is 18.2 Å². The average molecular weight is 423 g/mol. The number of ether oxygens (including phenoxy) is 1. The second-order valence-corrected chi connectivity index (χ2v) is 7.85. The molecule has 0 bridgehead atoms. The topological polar surface area (TPSA) is 42.4 Å². The van der Waals surface area contributed by atoms with Crippen molar-refractivity contribution < 1.29 is 13.9 Å². The van der Waals surface area contributed by atoms with E-state index in [2.05, 4.69) is 4.98 Å². The number of aromatic nitrogens is 1. The van der Waals surface area contributed by atoms with Gasteiger partial charge in [0.15, 0.2) is 4.32 Å². The van der Waals surface area contributed by atoms with Crippen molar-refractivity contribution >= 4 is 46.0 Å². The van der Waals surface area contributed by atoms with Gasteiger partial charge in [0.25, 0.3) is 5.91 Å². The fourth-order valence-electron chi connectivity index (χ4n) is 2.76. The number of hydrogen-bond donors (Lipinski definition) is 0. The molecule has 2 aromatic carbocycles. The number of benzene rings is 2. The first kappa shape index (κ1) is 19.3. The molecule has 1 fully saturated rings. The zero-order valence-corrected chi connectivity index (χ0v) is 16.8. The fraction of sp³-hybridized carbons (Fsp3) is 0.0455. The predicted octanol–water partition coefficient (Wildman–Crippen LogP) is 5.21. The number of thiocarbonyl (C=S) groups is 1. The lowest BCUT2D eigenvalue weighted by Gasteiger charge is -2.13. The third-order valence-corrected chi connectivity index (χ3v) is 5.53. The van der Waals surface area contributed by atoms with E-state index in [9.17, 15) is 9.18 Å². The molecule has 1 aromatic heterocycles. The van der Waals surface area contributed by atoms with E-state index in [1.165, 1.54) is 22.7 Å². The van der Waals surface area contributed by atoms with Crippen molar-refractivity contribution in [1.29, 1.82) is 0 Å². The van der Waals surface area contributed by atoms with E-state index < -0.39 is 0 Å². The Morgan fingerprint density at radius 3 is 2.62 bits per heavy atom. The van der Waals surface area contributed by atoms with Crippen molar-refractivity contribution in [2.24, 2.45) is 0 Å². The van der Waals surface area contributed by atoms with Crippen molar-refractivity contribution in [1.82, 2.24) is 4.98 Å². The van der Waals surface area contributed by atoms with Crippen molar-refractivity contribution in [3.63, 3.8) is 0 Å². The van der Waals surface area contributed by atoms with Gasteiger partial charge in [0.2, 0.25) is 0 Å². The third kappa shape index (κ3) is 4.36. The van der Waals surface area contributed by atoms with Crippen LogP contribution in [-0.2, 0) is 11.4 Å². The standard InChI is InChI=1S/C22H15FN2O2S2/c23-19-6-2-1-4-16(19)14-27-18-9-7-15(8-10-18)12-20-21(26)25(22(28)29-20)17-5-3-11-24-13-17/h1-13H,14H2/b20-12-. The van der Waals surface area contributed by atoms with Crippen LogP contribution in [0.4, 0.5) is 10.1 Å². The lowest BCUT2D eigenvalue weighted by molar-refractivity contribution is -0.113. The van der Waals surface area contributed by atoms with E-state index in [1.54, 1.807) is 60.9 Å². The molecule has 2 heterocycles. The zero-order valence-electron chi connectivity index (χ0n) is 15.1. The quantitative estimate of drug-likeness (QED) is 0.417. The number of hydrogen-bond acceptors (Lipinski definition) is 5. The molecule has 0 unspecified atom stereocenters. The summed E-state index contributed by atoms with van der Waals surface area (Å²) in [5, 5.41) is 0. The van der Waals surface area contributed by atoms with Crippen LogP contribution in [0.2, 0.25) is 0 Å². The van der Waals surface area contributed by atoms with Crippen LogP contribution in [0.5, 0.6) is 5.75 Å². The number of thioether (sulfide) groups is 1. The highest BCUT2D eigenvalue weighted by Gasteiger charge is 2.33. The average Bonchev–Trinajstić information content (AvgIpc) is 3.02. The highest BCUT2D eigenvalue weighted by Crippen LogP contribution is 2.35. The molecule has 144 valence electrons. The van der Waals surface area contributed by atoms with Gasteiger partial charge in [-0.3, -0.25) is 14.7 Å². The molecule has 3 aromatic rings. The summed E-state index contributed by atoms with van der Waals surface area (Å²) < 4.78 is 19.8. The second kappa shape index (κ2) is 8.55. The largest absolute Gasteiger partial charge is 0.489 e. The number of pyridine rings is 1. The van der Waals surface area contributed by atoms with Gasteiger partial charge in [-0.1, -0.05) is 54.3 Å². The van der Waals surface area contributed by atoms with Crippen LogP contribution in [0.25, 0.3) is 6.08 Å². The summed E-state index contributed by atoms with van der Waals surface area (Å²) >= 11 is 6.61. The Morgan fingerprint density at radius 1 is 1.10 bits per heavy atom. The first-order valence-corrected chi connectivity index (χ1v) is 9.98. The molecule has 0 radical (unpaired) electrons. The molecular weight excluding hydrogens is 407 g/mol. The molecule has 1 amide bonds. The van der Waals surface area contributed by atoms with Gasteiger partial charge >= 0.3 is 0 Å². The second-order valence-electron chi connectivity index (χ2n) is 6.18. The van der Waals surface area contributed by atoms with Crippen LogP contribution in [0.3, 0.4) is 0 Å². The molecule has 0 N–H and O–H groups in total. The Bertz CT molecular complexity index is 1090. The van der Waals surface area contributed by atoms with Gasteiger partial charge < -0.3 is 4.74 Å². The smallest absolute Gasteiger partial charge is 0.270 e. The van der Waals surface area contributed by atoms with E-state index in [1.807, 2.05) is 12.1 Å². The van der Waals surface area contributed by atoms with Gasteiger partial charge in [-0.25, -0.2) is 4.39 Å². The summed E-state index contributed by atoms with van der Waals surface area (Å²) in [6, 6.07) is 17.3. The molecule has 1 aliphatic rings. The molecule has 0 saturated carbocycles. The third-order valence-electron chi connectivity index (χ3n) is 4.23. The van der Waals surface area contributed by atoms with Crippen molar-refractivity contribution in [2.75, 3.05) is 4.90 Å². The number of carbonyl (C=O) groups excluding carboxylic acids is 1. The first-order chi connectivity index (χ1) is 14.1. The van der Waals surface area contributed by atoms with Crippen LogP contribution >= 0.6 is 24.0 Å². The summed E-state index contributed by atoms with van der Waals surface area (Å²) in [5.41, 5.74) is 1.99. The number of amides is 1. The Morgan fingerprint density at radius 2 is 1.90 bits per heavy atom. The Hall–Kier alpha value is -3.03. The maximum absolute atomic E-state index is 13.7. The Balaban J connectivity index is 1.45. The number of anilines is 1. The molecule has 0 spiro atoms. The minimum Gasteiger partial charge on any atom is -0.489 e. The van der Waals surface area contributed by atoms with Gasteiger partial charge in [-0.05, 0) is 42.0 Å². The number of rotatable bonds is 5. The summed E-state index contributed by atoms with van der Waals surface area (Å²) in [4.78, 5) is 18.8. The van der Waals surface area contributed by atoms with Crippen molar-refractivity contribution in [3.05, 3.63) is 94.9 Å². The van der Waals surface area contributed by atoms with E-state index >= 15 is 0 Å². The van der Waals surface area contributed by atoms with Crippen LogP contribution in [-0.4, -0.2) is 15.2 Å². The SMILES string of the molecule is O=C1/C(=C/c2ccc(OCc3ccccc3F)cc2)SC(=S)N1c1cccnc1. The van der Waals surface area contributed by atoms with Crippen molar-refractivity contribution in [3.8, 4) is 5.75 Å². The minimum absolute atomic E-state index is 0.149. The molecule has 7 heteroatoms. The lowest BCUT2D eigenvalue weighted by Crippen LogP contribution is -2.27. The van der Waals surface area contributed by atoms with E-state index in [0.717, 1.165) is 5.56 Å². The van der Waals surface area contributed by atoms with Crippen LogP contribution in [0, 0.1) is 5.82 Å². The van der Waals surface area contributed by atoms with Gasteiger partial charge in [0.05, 0.1) is 16.8 Å². The molecule has 0 atom stereocenters. The predicted molar refractivity (Wildman–Crippen MR) is 117 cm³/mol. The summed E-state index contributed by atoms with van der Waals surface area (Å²) in [7, 11) is 0. The number of carbonyl (C=O) groups is 1. The Labute approximate surface area is 177 Å². The molecule has 4 nitrogen and oxygen atoms in total. The van der Waals surface area contributed by atoms with Crippen LogP contribution in [0.15, 0.2) is 78.0 Å². The minimum atomic E-state index is -0.292. The highest BCUT2D eigenvalue weighted by atomic mass is 32.2. The monoisotopic (exact) mass is 422 g/mol. The lowest BCUT2D eigenvalue weighted by atomic mass is 10.2. The number of nitrogens with zero attached hydrogens (tertiary/aromatic N) is 2. The normalized spacial score (nSPS) is 15.2. The van der Waals surface area contributed by atoms with Crippen LogP contribution < -0.4 is 9.64 Å². The molecule has 1 saturated heterocycles. The molecular formula is C22H15FN2O2S2. The molecule has 1 aliphatic heterocycles. The Kier molecular flexibility index (Phi) is 5.69. The van der Waals surface area contributed by atoms with Crippen LogP contribution in [0.1, 0.15) is 11.1 Å². The summed E-state index contributed by atoms with van der Waals surface area (Å²) in [5.74, 6) is 0.154.